The molecule has 28 valence electrons. The Morgan fingerprint density at radius 1 is 0.800 bits per heavy atom. The van der Waals surface area contributed by atoms with Crippen molar-refractivity contribution < 1.29 is 27.7 Å². The van der Waals surface area contributed by atoms with E-state index in [1.165, 1.54) is 0 Å². The van der Waals surface area contributed by atoms with E-state index in [9.17, 15) is 0 Å². The molecule has 0 aromatic carbocycles. The monoisotopic (exact) mass is 244 g/mol. The average Bonchev–Trinajstić information content (AvgIpc) is 0. The van der Waals surface area contributed by atoms with Gasteiger partial charge < -0.3 is 27.7 Å². The minimum absolute atomic E-state index is 0. The predicted octanol–water partition coefficient (Wildman–Crippen LogP) is -7.71. The van der Waals surface area contributed by atoms with Gasteiger partial charge in [-0.05, 0) is 0 Å². The molecule has 0 unspecified atom stereocenters. The molecule has 0 bridgehead atoms. The Morgan fingerprint density at radius 2 is 0.800 bits per heavy atom. The van der Waals surface area contributed by atoms with E-state index < -0.39 is 0 Å². The second-order valence-electron chi connectivity index (χ2n) is 0. The van der Waals surface area contributed by atoms with Crippen LogP contribution in [0.1, 0.15) is 2.85 Å². The first-order valence-corrected chi connectivity index (χ1v) is 0. The zero-order valence-corrected chi connectivity index (χ0v) is 11.3. The fourth-order valence-corrected chi connectivity index (χ4v) is 0. The van der Waals surface area contributed by atoms with Crippen LogP contribution in [0.4, 0.5) is 0 Å². The second kappa shape index (κ2) is 28.4. The van der Waals surface area contributed by atoms with Crippen LogP contribution < -0.4 is 24.8 Å². The maximum absolute atomic E-state index is 0. The quantitative estimate of drug-likeness (QED) is 0.373. The summed E-state index contributed by atoms with van der Waals surface area (Å²) in [7, 11) is 0. The molecule has 0 fully saturated rings. The zero-order valence-electron chi connectivity index (χ0n) is 4.88. The first-order chi connectivity index (χ1) is 0. The summed E-state index contributed by atoms with van der Waals surface area (Å²) >= 11 is 0. The van der Waals surface area contributed by atoms with Gasteiger partial charge in [-0.1, -0.05) is 0 Å². The third kappa shape index (κ3) is 19.6. The predicted molar refractivity (Wildman–Crippen MR) is 23.7 cm³/mol. The van der Waals surface area contributed by atoms with Crippen molar-refractivity contribution in [1.29, 1.82) is 0 Å². The Bertz CT molecular complexity index is 13.7. The topological polar surface area (TPSA) is 0 Å². The van der Waals surface area contributed by atoms with Crippen LogP contribution in [-0.2, 0) is 0 Å². The SMILES string of the molecule is [Cl-].[Cl-].[H-].[H-].[Mg+2].[Mg+2].[SbH3]. The van der Waals surface area contributed by atoms with Crippen LogP contribution in [0, 0.1) is 0 Å². The normalized spacial score (nSPS) is 0. The third-order valence-corrected chi connectivity index (χ3v) is 0. The van der Waals surface area contributed by atoms with Gasteiger partial charge in [0.05, 0.1) is 0 Å². The molecule has 0 aliphatic rings. The number of rotatable bonds is 0. The molecular weight excluding hydrogens is 241 g/mol. The van der Waals surface area contributed by atoms with Crippen molar-refractivity contribution in [3.05, 3.63) is 0 Å². The zero-order chi connectivity index (χ0) is 0. The van der Waals surface area contributed by atoms with E-state index in [0.717, 1.165) is 0 Å². The molecule has 0 radical (unpaired) electrons. The molecule has 0 aliphatic heterocycles. The van der Waals surface area contributed by atoms with Gasteiger partial charge in [-0.2, -0.15) is 0 Å². The molecule has 0 heterocycles. The molecule has 0 atom stereocenters. The van der Waals surface area contributed by atoms with Gasteiger partial charge in [0.2, 0.25) is 0 Å². The van der Waals surface area contributed by atoms with E-state index in [2.05, 4.69) is 0 Å². The van der Waals surface area contributed by atoms with Gasteiger partial charge in [0.15, 0.2) is 0 Å². The Hall–Kier alpha value is 2.93. The van der Waals surface area contributed by atoms with Crippen LogP contribution >= 0.6 is 0 Å². The van der Waals surface area contributed by atoms with Crippen molar-refractivity contribution in [2.45, 2.75) is 0 Å². The van der Waals surface area contributed by atoms with Crippen molar-refractivity contribution in [2.75, 3.05) is 0 Å². The Morgan fingerprint density at radius 3 is 0.800 bits per heavy atom. The van der Waals surface area contributed by atoms with Crippen LogP contribution in [-0.4, -0.2) is 70.5 Å². The molecule has 0 N–H and O–H groups in total. The van der Waals surface area contributed by atoms with E-state index in [-0.39, 0.29) is 98.2 Å². The minimum atomic E-state index is 0. The molecule has 0 nitrogen and oxygen atoms in total. The van der Waals surface area contributed by atoms with Gasteiger partial charge in [0, 0.05) is 0 Å². The summed E-state index contributed by atoms with van der Waals surface area (Å²) in [4.78, 5) is 0. The Balaban J connectivity index is 0. The third-order valence-electron chi connectivity index (χ3n) is 0. The molecular formula is H5Cl2Mg2Sb. The molecule has 5 heteroatoms. The van der Waals surface area contributed by atoms with Crippen molar-refractivity contribution >= 4 is 70.5 Å². The summed E-state index contributed by atoms with van der Waals surface area (Å²) in [5.41, 5.74) is 0. The second-order valence-corrected chi connectivity index (χ2v) is 0. The fourth-order valence-electron chi connectivity index (χ4n) is 0. The van der Waals surface area contributed by atoms with Crippen molar-refractivity contribution in [3.8, 4) is 0 Å². The van der Waals surface area contributed by atoms with Crippen LogP contribution in [0.15, 0.2) is 0 Å². The summed E-state index contributed by atoms with van der Waals surface area (Å²) in [5, 5.41) is 0. The van der Waals surface area contributed by atoms with Crippen LogP contribution in [0.2, 0.25) is 0 Å². The molecule has 0 aliphatic carbocycles. The van der Waals surface area contributed by atoms with E-state index in [4.69, 9.17) is 0 Å². The first-order valence-electron chi connectivity index (χ1n) is 0. The van der Waals surface area contributed by atoms with Crippen molar-refractivity contribution in [1.82, 2.24) is 0 Å². The maximum atomic E-state index is 0. The summed E-state index contributed by atoms with van der Waals surface area (Å²) in [6, 6.07) is 0. The molecule has 0 rings (SSSR count). The van der Waals surface area contributed by atoms with Gasteiger partial charge in [-0.15, -0.1) is 0 Å². The van der Waals surface area contributed by atoms with Crippen LogP contribution in [0.3, 0.4) is 0 Å². The van der Waals surface area contributed by atoms with E-state index >= 15 is 0 Å². The molecule has 0 saturated heterocycles. The summed E-state index contributed by atoms with van der Waals surface area (Å²) in [6.45, 7) is 0. The molecule has 0 aromatic rings. The fraction of sp³-hybridized carbons (Fsp3) is 0. The first kappa shape index (κ1) is 44.4. The van der Waals surface area contributed by atoms with Crippen LogP contribution in [0.25, 0.3) is 0 Å². The van der Waals surface area contributed by atoms with Gasteiger partial charge in [0.25, 0.3) is 0 Å². The van der Waals surface area contributed by atoms with Crippen LogP contribution in [0.5, 0.6) is 0 Å². The van der Waals surface area contributed by atoms with Gasteiger partial charge in [0.1, 0.15) is 0 Å². The summed E-state index contributed by atoms with van der Waals surface area (Å²) in [6.07, 6.45) is 0. The van der Waals surface area contributed by atoms with Gasteiger partial charge in [-0.3, -0.25) is 0 Å². The molecule has 0 saturated carbocycles. The number of hydrogen-bond acceptors (Lipinski definition) is 0. The average molecular weight is 246 g/mol. The molecule has 0 aromatic heterocycles. The van der Waals surface area contributed by atoms with E-state index in [0.29, 0.717) is 0 Å². The summed E-state index contributed by atoms with van der Waals surface area (Å²) < 4.78 is 0. The molecule has 0 spiro atoms. The standard InChI is InChI=1S/2ClH.2Mg.Sb.5H/h2*1H;;;;;;;;/q;;2*+2;;;;;2*-1/p-2. The van der Waals surface area contributed by atoms with E-state index in [1.807, 2.05) is 0 Å². The van der Waals surface area contributed by atoms with E-state index in [1.54, 1.807) is 0 Å². The number of halogens is 2. The molecule has 5 heavy (non-hydrogen) atoms. The van der Waals surface area contributed by atoms with Crippen molar-refractivity contribution in [2.24, 2.45) is 0 Å². The van der Waals surface area contributed by atoms with Gasteiger partial charge >= 0.3 is 70.5 Å². The Labute approximate surface area is 96.8 Å². The van der Waals surface area contributed by atoms with Gasteiger partial charge in [-0.25, -0.2) is 0 Å². The Kier molecular flexibility index (Phi) is 252. The number of hydrogen-bond donors (Lipinski definition) is 0. The molecule has 0 amide bonds. The van der Waals surface area contributed by atoms with Crippen molar-refractivity contribution in [3.63, 3.8) is 0 Å². The summed E-state index contributed by atoms with van der Waals surface area (Å²) in [5.74, 6) is 0.